The van der Waals surface area contributed by atoms with Crippen molar-refractivity contribution in [2.75, 3.05) is 9.91 Å². The average molecular weight is 544 g/mol. The fraction of sp³-hybridized carbons (Fsp3) is 0.0455. The van der Waals surface area contributed by atoms with Crippen LogP contribution < -0.4 is 20.8 Å². The molecule has 33 heavy (non-hydrogen) atoms. The predicted molar refractivity (Wildman–Crippen MR) is 135 cm³/mol. The Labute approximate surface area is 204 Å². The summed E-state index contributed by atoms with van der Waals surface area (Å²) in [5.41, 5.74) is 8.73. The Bertz CT molecular complexity index is 1380. The van der Waals surface area contributed by atoms with Crippen molar-refractivity contribution >= 4 is 66.3 Å². The summed E-state index contributed by atoms with van der Waals surface area (Å²) in [6, 6.07) is 20.7. The summed E-state index contributed by atoms with van der Waals surface area (Å²) in [5, 5.41) is 10.7. The molecule has 0 bridgehead atoms. The van der Waals surface area contributed by atoms with E-state index >= 15 is 0 Å². The molecular formula is C22H18BrN5O3S2. The second-order valence-electron chi connectivity index (χ2n) is 7.18. The molecule has 0 unspecified atom stereocenters. The number of hydrogen-bond acceptors (Lipinski definition) is 5. The number of nitrogens with zero attached hydrogens (tertiary/aromatic N) is 3. The van der Waals surface area contributed by atoms with E-state index in [1.165, 1.54) is 29.3 Å². The Hall–Kier alpha value is -3.12. The first-order valence-corrected chi connectivity index (χ1v) is 12.4. The van der Waals surface area contributed by atoms with Crippen molar-refractivity contribution in [2.45, 2.75) is 11.4 Å². The lowest BCUT2D eigenvalue weighted by Gasteiger charge is -2.19. The number of thiocarbonyl (C=S) groups is 1. The molecule has 0 atom stereocenters. The minimum atomic E-state index is -3.86. The molecule has 0 saturated heterocycles. The Morgan fingerprint density at radius 2 is 1.73 bits per heavy atom. The molecule has 3 aromatic rings. The molecule has 1 amide bonds. The van der Waals surface area contributed by atoms with Crippen LogP contribution in [0.1, 0.15) is 11.1 Å². The first-order valence-electron chi connectivity index (χ1n) is 9.62. The van der Waals surface area contributed by atoms with Gasteiger partial charge in [-0.1, -0.05) is 46.3 Å². The molecule has 0 aromatic heterocycles. The van der Waals surface area contributed by atoms with Gasteiger partial charge in [0.05, 0.1) is 22.8 Å². The summed E-state index contributed by atoms with van der Waals surface area (Å²) in [7, 11) is -3.86. The Balaban J connectivity index is 1.77. The molecule has 3 aromatic carbocycles. The molecule has 1 heterocycles. The van der Waals surface area contributed by atoms with E-state index in [0.717, 1.165) is 10.0 Å². The van der Waals surface area contributed by atoms with Crippen LogP contribution >= 0.6 is 28.1 Å². The zero-order chi connectivity index (χ0) is 23.8. The Morgan fingerprint density at radius 1 is 1.06 bits per heavy atom. The van der Waals surface area contributed by atoms with Crippen molar-refractivity contribution < 1.29 is 13.2 Å². The number of halogens is 1. The molecule has 1 aliphatic rings. The third kappa shape index (κ3) is 4.81. The van der Waals surface area contributed by atoms with Crippen molar-refractivity contribution in [3.8, 4) is 0 Å². The van der Waals surface area contributed by atoms with E-state index in [4.69, 9.17) is 23.1 Å². The number of carbonyl (C=O) groups excluding carboxylic acids is 1. The number of benzene rings is 3. The highest BCUT2D eigenvalue weighted by Gasteiger charge is 2.35. The second-order valence-corrected chi connectivity index (χ2v) is 10.1. The highest BCUT2D eigenvalue weighted by atomic mass is 79.9. The van der Waals surface area contributed by atoms with Crippen LogP contribution in [-0.2, 0) is 21.4 Å². The molecule has 0 aliphatic carbocycles. The standard InChI is InChI=1S/C22H18BrN5O3S2/c23-15-6-11-19-18(12-15)20(21(29)27(19)13-14-4-2-1-3-5-14)26-28(22(24)32)16-7-9-17(10-8-16)33(25,30)31/h1-12H,13H2,(H2,24,32)(H2,25,30,31)/b26-20-. The molecule has 0 spiro atoms. The number of anilines is 2. The van der Waals surface area contributed by atoms with Crippen molar-refractivity contribution in [3.63, 3.8) is 0 Å². The summed E-state index contributed by atoms with van der Waals surface area (Å²) in [6.45, 7) is 0.365. The highest BCUT2D eigenvalue weighted by molar-refractivity contribution is 9.10. The van der Waals surface area contributed by atoms with Crippen LogP contribution in [0.4, 0.5) is 11.4 Å². The maximum atomic E-state index is 13.4. The summed E-state index contributed by atoms with van der Waals surface area (Å²) < 4.78 is 23.9. The summed E-state index contributed by atoms with van der Waals surface area (Å²) in [4.78, 5) is 15.0. The van der Waals surface area contributed by atoms with Gasteiger partial charge in [-0.2, -0.15) is 5.10 Å². The zero-order valence-corrected chi connectivity index (χ0v) is 20.3. The second kappa shape index (κ2) is 9.02. The molecule has 0 saturated carbocycles. The van der Waals surface area contributed by atoms with Gasteiger partial charge in [0.2, 0.25) is 10.0 Å². The lowest BCUT2D eigenvalue weighted by Crippen LogP contribution is -2.35. The van der Waals surface area contributed by atoms with Gasteiger partial charge >= 0.3 is 0 Å². The Kier molecular flexibility index (Phi) is 6.30. The van der Waals surface area contributed by atoms with Gasteiger partial charge in [0, 0.05) is 10.0 Å². The van der Waals surface area contributed by atoms with E-state index in [2.05, 4.69) is 21.0 Å². The lowest BCUT2D eigenvalue weighted by atomic mass is 10.1. The minimum absolute atomic E-state index is 0.0675. The zero-order valence-electron chi connectivity index (χ0n) is 17.1. The highest BCUT2D eigenvalue weighted by Crippen LogP contribution is 2.34. The van der Waals surface area contributed by atoms with Crippen LogP contribution in [-0.4, -0.2) is 25.1 Å². The molecular weight excluding hydrogens is 526 g/mol. The maximum Gasteiger partial charge on any atom is 0.279 e. The van der Waals surface area contributed by atoms with E-state index in [0.29, 0.717) is 23.5 Å². The maximum absolute atomic E-state index is 13.4. The normalized spacial score (nSPS) is 14.4. The molecule has 168 valence electrons. The summed E-state index contributed by atoms with van der Waals surface area (Å²) in [5.74, 6) is -0.311. The molecule has 0 fully saturated rings. The van der Waals surface area contributed by atoms with Crippen molar-refractivity contribution in [3.05, 3.63) is 88.4 Å². The molecule has 1 aliphatic heterocycles. The van der Waals surface area contributed by atoms with E-state index in [9.17, 15) is 13.2 Å². The van der Waals surface area contributed by atoms with Crippen LogP contribution in [0, 0.1) is 0 Å². The SMILES string of the molecule is NC(=S)N(/N=C1\C(=O)N(Cc2ccccc2)c2ccc(Br)cc21)c1ccc(S(N)(=O)=O)cc1. The number of hydrogen-bond donors (Lipinski definition) is 2. The number of fused-ring (bicyclic) bond motifs is 1. The number of amides is 1. The van der Waals surface area contributed by atoms with Gasteiger partial charge in [-0.15, -0.1) is 0 Å². The van der Waals surface area contributed by atoms with Crippen molar-refractivity contribution in [1.29, 1.82) is 0 Å². The first-order chi connectivity index (χ1) is 15.6. The van der Waals surface area contributed by atoms with E-state index < -0.39 is 10.0 Å². The van der Waals surface area contributed by atoms with Gasteiger partial charge < -0.3 is 10.6 Å². The molecule has 0 radical (unpaired) electrons. The van der Waals surface area contributed by atoms with Crippen LogP contribution in [0.2, 0.25) is 0 Å². The van der Waals surface area contributed by atoms with Crippen LogP contribution in [0.5, 0.6) is 0 Å². The molecule has 8 nitrogen and oxygen atoms in total. The molecule has 11 heteroatoms. The van der Waals surface area contributed by atoms with Gasteiger partial charge in [0.25, 0.3) is 5.91 Å². The van der Waals surface area contributed by atoms with Crippen molar-refractivity contribution in [2.24, 2.45) is 16.0 Å². The monoisotopic (exact) mass is 543 g/mol. The number of sulfonamides is 1. The topological polar surface area (TPSA) is 122 Å². The quantitative estimate of drug-likeness (QED) is 0.376. The van der Waals surface area contributed by atoms with Gasteiger partial charge in [-0.3, -0.25) is 4.79 Å². The van der Waals surface area contributed by atoms with E-state index in [1.807, 2.05) is 42.5 Å². The fourth-order valence-corrected chi connectivity index (χ4v) is 4.44. The largest absolute Gasteiger partial charge is 0.374 e. The Morgan fingerprint density at radius 3 is 2.33 bits per heavy atom. The fourth-order valence-electron chi connectivity index (χ4n) is 3.42. The van der Waals surface area contributed by atoms with Crippen LogP contribution in [0.25, 0.3) is 0 Å². The van der Waals surface area contributed by atoms with Crippen LogP contribution in [0.15, 0.2) is 87.3 Å². The summed E-state index contributed by atoms with van der Waals surface area (Å²) >= 11 is 8.60. The molecule has 4 rings (SSSR count). The van der Waals surface area contributed by atoms with Gasteiger partial charge in [0.15, 0.2) is 10.8 Å². The van der Waals surface area contributed by atoms with Crippen LogP contribution in [0.3, 0.4) is 0 Å². The predicted octanol–water partition coefficient (Wildman–Crippen LogP) is 3.10. The minimum Gasteiger partial charge on any atom is -0.374 e. The lowest BCUT2D eigenvalue weighted by molar-refractivity contribution is -0.112. The third-order valence-corrected chi connectivity index (χ3v) is 6.55. The van der Waals surface area contributed by atoms with Crippen molar-refractivity contribution in [1.82, 2.24) is 0 Å². The van der Waals surface area contributed by atoms with E-state index in [1.54, 1.807) is 11.0 Å². The number of primary sulfonamides is 1. The number of hydrazone groups is 1. The average Bonchev–Trinajstić information content (AvgIpc) is 3.02. The number of nitrogens with two attached hydrogens (primary N) is 2. The number of rotatable bonds is 5. The van der Waals surface area contributed by atoms with Gasteiger partial charge in [-0.25, -0.2) is 18.6 Å². The third-order valence-electron chi connectivity index (χ3n) is 4.95. The molecule has 4 N–H and O–H groups in total. The van der Waals surface area contributed by atoms with E-state index in [-0.39, 0.29) is 21.6 Å². The summed E-state index contributed by atoms with van der Waals surface area (Å²) in [6.07, 6.45) is 0. The van der Waals surface area contributed by atoms with Gasteiger partial charge in [0.1, 0.15) is 0 Å². The smallest absolute Gasteiger partial charge is 0.279 e. The first kappa shape index (κ1) is 23.1. The number of carbonyl (C=O) groups is 1. The van der Waals surface area contributed by atoms with Gasteiger partial charge in [-0.05, 0) is 60.2 Å².